The van der Waals surface area contributed by atoms with Crippen LogP contribution in [0.4, 0.5) is 0 Å². The third-order valence-electron chi connectivity index (χ3n) is 3.88. The lowest BCUT2D eigenvalue weighted by molar-refractivity contribution is 0.100. The van der Waals surface area contributed by atoms with Gasteiger partial charge in [0, 0.05) is 5.57 Å². The number of halogens is 2. The molecule has 0 bridgehead atoms. The van der Waals surface area contributed by atoms with Crippen LogP contribution in [0.3, 0.4) is 0 Å². The second kappa shape index (κ2) is 6.35. The highest BCUT2D eigenvalue weighted by atomic mass is 35.5. The third kappa shape index (κ3) is 2.92. The topological polar surface area (TPSA) is 57.0 Å². The summed E-state index contributed by atoms with van der Waals surface area (Å²) in [5.41, 5.74) is 2.75. The Morgan fingerprint density at radius 3 is 2.64 bits per heavy atom. The Kier molecular flexibility index (Phi) is 4.03. The fraction of sp³-hybridized carbons (Fsp3) is 0.0556. The van der Waals surface area contributed by atoms with Gasteiger partial charge < -0.3 is 4.74 Å². The van der Waals surface area contributed by atoms with E-state index in [1.165, 1.54) is 6.33 Å². The molecule has 2 heterocycles. The number of fused-ring (bicyclic) bond motifs is 1. The van der Waals surface area contributed by atoms with Crippen molar-refractivity contribution in [2.45, 2.75) is 0 Å². The second-order valence-corrected chi connectivity index (χ2v) is 6.24. The Morgan fingerprint density at radius 1 is 1.12 bits per heavy atom. The summed E-state index contributed by atoms with van der Waals surface area (Å²) in [5, 5.41) is 4.71. The average Bonchev–Trinajstić information content (AvgIpc) is 3.16. The van der Waals surface area contributed by atoms with Gasteiger partial charge in [0.25, 0.3) is 0 Å². The van der Waals surface area contributed by atoms with Crippen LogP contribution in [0, 0.1) is 0 Å². The predicted molar refractivity (Wildman–Crippen MR) is 95.6 cm³/mol. The summed E-state index contributed by atoms with van der Waals surface area (Å²) in [6, 6.07) is 10.8. The van der Waals surface area contributed by atoms with Gasteiger partial charge >= 0.3 is 0 Å². The van der Waals surface area contributed by atoms with Crippen LogP contribution in [0.2, 0.25) is 10.0 Å². The van der Waals surface area contributed by atoms with E-state index < -0.39 is 0 Å². The van der Waals surface area contributed by atoms with Crippen molar-refractivity contribution in [2.24, 2.45) is 0 Å². The molecule has 4 rings (SSSR count). The SMILES string of the molecule is O=C1/C(=C/c2ccc(-n3cncn3)cc2)COc2c1ccc(Cl)c2Cl. The molecule has 1 aliphatic heterocycles. The number of nitrogens with zero attached hydrogens (tertiary/aromatic N) is 3. The maximum absolute atomic E-state index is 12.7. The molecule has 0 unspecified atom stereocenters. The second-order valence-electron chi connectivity index (χ2n) is 5.46. The summed E-state index contributed by atoms with van der Waals surface area (Å²) >= 11 is 12.1. The van der Waals surface area contributed by atoms with E-state index in [2.05, 4.69) is 10.1 Å². The molecule has 0 saturated heterocycles. The zero-order chi connectivity index (χ0) is 17.4. The molecule has 0 N–H and O–H groups in total. The van der Waals surface area contributed by atoms with Crippen LogP contribution in [0.5, 0.6) is 5.75 Å². The van der Waals surface area contributed by atoms with Crippen molar-refractivity contribution in [3.8, 4) is 11.4 Å². The lowest BCUT2D eigenvalue weighted by Gasteiger charge is -2.20. The minimum absolute atomic E-state index is 0.111. The predicted octanol–water partition coefficient (Wildman–Crippen LogP) is 4.23. The first-order valence-electron chi connectivity index (χ1n) is 7.44. The van der Waals surface area contributed by atoms with Gasteiger partial charge in [0.2, 0.25) is 0 Å². The number of aromatic nitrogens is 3. The van der Waals surface area contributed by atoms with Crippen LogP contribution in [-0.2, 0) is 0 Å². The number of carbonyl (C=O) groups is 1. The summed E-state index contributed by atoms with van der Waals surface area (Å²) in [4.78, 5) is 16.6. The molecule has 2 aromatic carbocycles. The molecule has 0 aliphatic carbocycles. The Balaban J connectivity index is 1.64. The fourth-order valence-electron chi connectivity index (χ4n) is 2.61. The molecule has 0 atom stereocenters. The van der Waals surface area contributed by atoms with E-state index in [0.29, 0.717) is 21.9 Å². The van der Waals surface area contributed by atoms with E-state index in [-0.39, 0.29) is 17.4 Å². The first-order valence-corrected chi connectivity index (χ1v) is 8.20. The van der Waals surface area contributed by atoms with Gasteiger partial charge in [0.1, 0.15) is 24.3 Å². The number of carbonyl (C=O) groups excluding carboxylic acids is 1. The number of ketones is 1. The van der Waals surface area contributed by atoms with E-state index in [1.807, 2.05) is 24.3 Å². The lowest BCUT2D eigenvalue weighted by atomic mass is 9.98. The molecule has 1 aromatic heterocycles. The van der Waals surface area contributed by atoms with Crippen molar-refractivity contribution in [1.82, 2.24) is 14.8 Å². The van der Waals surface area contributed by atoms with Crippen molar-refractivity contribution in [2.75, 3.05) is 6.61 Å². The summed E-state index contributed by atoms with van der Waals surface area (Å²) in [5.74, 6) is 0.234. The van der Waals surface area contributed by atoms with Gasteiger partial charge in [-0.25, -0.2) is 9.67 Å². The van der Waals surface area contributed by atoms with Gasteiger partial charge in [-0.1, -0.05) is 35.3 Å². The van der Waals surface area contributed by atoms with Crippen molar-refractivity contribution in [1.29, 1.82) is 0 Å². The molecule has 3 aromatic rings. The van der Waals surface area contributed by atoms with E-state index in [1.54, 1.807) is 29.2 Å². The molecule has 0 spiro atoms. The average molecular weight is 372 g/mol. The Hall–Kier alpha value is -2.63. The monoisotopic (exact) mass is 371 g/mol. The van der Waals surface area contributed by atoms with Crippen LogP contribution >= 0.6 is 23.2 Å². The molecule has 124 valence electrons. The van der Waals surface area contributed by atoms with E-state index in [4.69, 9.17) is 27.9 Å². The molecule has 0 saturated carbocycles. The van der Waals surface area contributed by atoms with Gasteiger partial charge in [-0.2, -0.15) is 5.10 Å². The molecule has 25 heavy (non-hydrogen) atoms. The standard InChI is InChI=1S/C18H11Cl2N3O2/c19-15-6-5-14-17(24)12(8-25-18(14)16(15)20)7-11-1-3-13(4-2-11)23-10-21-9-22-23/h1-7,9-10H,8H2/b12-7+. The quantitative estimate of drug-likeness (QED) is 0.632. The number of ether oxygens (including phenoxy) is 1. The van der Waals surface area contributed by atoms with Crippen molar-refractivity contribution >= 4 is 35.1 Å². The molecular weight excluding hydrogens is 361 g/mol. The number of benzene rings is 2. The van der Waals surface area contributed by atoms with Gasteiger partial charge in [0.15, 0.2) is 11.5 Å². The summed E-state index contributed by atoms with van der Waals surface area (Å²) < 4.78 is 7.31. The summed E-state index contributed by atoms with van der Waals surface area (Å²) in [7, 11) is 0. The number of hydrogen-bond donors (Lipinski definition) is 0. The van der Waals surface area contributed by atoms with E-state index >= 15 is 0 Å². The first kappa shape index (κ1) is 15.9. The van der Waals surface area contributed by atoms with E-state index in [9.17, 15) is 4.79 Å². The zero-order valence-electron chi connectivity index (χ0n) is 12.8. The molecular formula is C18H11Cl2N3O2. The van der Waals surface area contributed by atoms with Gasteiger partial charge in [-0.15, -0.1) is 0 Å². The zero-order valence-corrected chi connectivity index (χ0v) is 14.3. The maximum Gasteiger partial charge on any atom is 0.196 e. The number of Topliss-reactive ketones (excluding diaryl/α,β-unsaturated/α-hetero) is 1. The molecule has 5 nitrogen and oxygen atoms in total. The van der Waals surface area contributed by atoms with Crippen molar-refractivity contribution in [3.05, 3.63) is 75.8 Å². The number of hydrogen-bond acceptors (Lipinski definition) is 4. The van der Waals surface area contributed by atoms with Crippen molar-refractivity contribution in [3.63, 3.8) is 0 Å². The largest absolute Gasteiger partial charge is 0.486 e. The van der Waals surface area contributed by atoms with Crippen LogP contribution in [0.15, 0.2) is 54.6 Å². The van der Waals surface area contributed by atoms with Crippen LogP contribution < -0.4 is 4.74 Å². The van der Waals surface area contributed by atoms with Gasteiger partial charge in [-0.3, -0.25) is 4.79 Å². The highest BCUT2D eigenvalue weighted by Crippen LogP contribution is 2.39. The van der Waals surface area contributed by atoms with Gasteiger partial charge in [-0.05, 0) is 35.9 Å². The Labute approximate surface area is 153 Å². The molecule has 0 amide bonds. The first-order chi connectivity index (χ1) is 12.1. The smallest absolute Gasteiger partial charge is 0.196 e. The van der Waals surface area contributed by atoms with Crippen molar-refractivity contribution < 1.29 is 9.53 Å². The minimum Gasteiger partial charge on any atom is -0.486 e. The van der Waals surface area contributed by atoms with E-state index in [0.717, 1.165) is 11.3 Å². The Morgan fingerprint density at radius 2 is 1.92 bits per heavy atom. The third-order valence-corrected chi connectivity index (χ3v) is 4.66. The summed E-state index contributed by atoms with van der Waals surface area (Å²) in [6.07, 6.45) is 4.90. The molecule has 0 radical (unpaired) electrons. The minimum atomic E-state index is -0.111. The Bertz CT molecular complexity index is 980. The van der Waals surface area contributed by atoms with Gasteiger partial charge in [0.05, 0.1) is 16.3 Å². The highest BCUT2D eigenvalue weighted by Gasteiger charge is 2.26. The normalized spacial score (nSPS) is 15.1. The van der Waals surface area contributed by atoms with Crippen LogP contribution in [-0.4, -0.2) is 27.2 Å². The number of rotatable bonds is 2. The molecule has 0 fully saturated rings. The van der Waals surface area contributed by atoms with Crippen LogP contribution in [0.1, 0.15) is 15.9 Å². The highest BCUT2D eigenvalue weighted by molar-refractivity contribution is 6.43. The lowest BCUT2D eigenvalue weighted by Crippen LogP contribution is -2.19. The molecule has 1 aliphatic rings. The summed E-state index contributed by atoms with van der Waals surface area (Å²) in [6.45, 7) is 0.150. The van der Waals surface area contributed by atoms with Crippen LogP contribution in [0.25, 0.3) is 11.8 Å². The molecule has 7 heteroatoms. The maximum atomic E-state index is 12.7. The fourth-order valence-corrected chi connectivity index (χ4v) is 2.98.